The van der Waals surface area contributed by atoms with E-state index in [4.69, 9.17) is 18.9 Å². The van der Waals surface area contributed by atoms with E-state index < -0.39 is 34.6 Å². The summed E-state index contributed by atoms with van der Waals surface area (Å²) in [6.45, 7) is 7.98. The number of likely N-dealkylation sites (tertiary alicyclic amines) is 1. The van der Waals surface area contributed by atoms with Gasteiger partial charge in [0, 0.05) is 28.9 Å². The molecular formula is C26H29N3O8. The van der Waals surface area contributed by atoms with Gasteiger partial charge in [-0.25, -0.2) is 0 Å². The van der Waals surface area contributed by atoms with Crippen molar-refractivity contribution in [2.24, 2.45) is 0 Å². The molecular weight excluding hydrogens is 482 g/mol. The maximum absolute atomic E-state index is 13.7. The molecule has 11 heteroatoms. The second-order valence-electron chi connectivity index (χ2n) is 10.3. The van der Waals surface area contributed by atoms with Gasteiger partial charge in [0.2, 0.25) is 0 Å². The zero-order valence-corrected chi connectivity index (χ0v) is 21.0. The summed E-state index contributed by atoms with van der Waals surface area (Å²) in [5.74, 6) is -2.33. The zero-order valence-electron chi connectivity index (χ0n) is 21.0. The van der Waals surface area contributed by atoms with E-state index in [9.17, 15) is 19.7 Å². The number of carbonyl (C=O) groups excluding carboxylic acids is 2. The van der Waals surface area contributed by atoms with Crippen LogP contribution in [0.25, 0.3) is 0 Å². The third-order valence-electron chi connectivity index (χ3n) is 6.65. The number of hydrogen-bond acceptors (Lipinski definition) is 8. The topological polar surface area (TPSA) is 129 Å². The summed E-state index contributed by atoms with van der Waals surface area (Å²) in [6.07, 6.45) is -1.09. The molecule has 1 N–H and O–H groups in total. The van der Waals surface area contributed by atoms with Gasteiger partial charge in [0.15, 0.2) is 11.6 Å². The zero-order chi connectivity index (χ0) is 26.5. The van der Waals surface area contributed by atoms with Crippen LogP contribution >= 0.6 is 0 Å². The second kappa shape index (κ2) is 9.18. The number of fused-ring (bicyclic) bond motifs is 1. The minimum Gasteiger partial charge on any atom is -0.348 e. The van der Waals surface area contributed by atoms with E-state index >= 15 is 0 Å². The third-order valence-corrected chi connectivity index (χ3v) is 6.65. The van der Waals surface area contributed by atoms with Crippen LogP contribution < -0.4 is 5.32 Å². The molecule has 0 saturated carbocycles. The minimum atomic E-state index is -0.775. The predicted molar refractivity (Wildman–Crippen MR) is 131 cm³/mol. The lowest BCUT2D eigenvalue weighted by molar-refractivity contribution is -0.384. The van der Waals surface area contributed by atoms with Gasteiger partial charge in [-0.3, -0.25) is 19.7 Å². The number of ether oxygens (including phenoxy) is 4. The van der Waals surface area contributed by atoms with Crippen LogP contribution in [0, 0.1) is 10.1 Å². The van der Waals surface area contributed by atoms with Crippen LogP contribution in [-0.2, 0) is 18.9 Å². The number of nitro groups is 1. The van der Waals surface area contributed by atoms with Gasteiger partial charge in [0.25, 0.3) is 17.5 Å². The molecule has 2 aromatic rings. The van der Waals surface area contributed by atoms with Crippen LogP contribution in [0.2, 0.25) is 0 Å². The maximum atomic E-state index is 13.7. The van der Waals surface area contributed by atoms with Crippen LogP contribution in [0.3, 0.4) is 0 Å². The van der Waals surface area contributed by atoms with Crippen LogP contribution in [-0.4, -0.2) is 70.7 Å². The average Bonchev–Trinajstić information content (AvgIpc) is 3.46. The lowest BCUT2D eigenvalue weighted by Gasteiger charge is -2.33. The van der Waals surface area contributed by atoms with E-state index in [0.717, 1.165) is 0 Å². The average molecular weight is 512 g/mol. The second-order valence-corrected chi connectivity index (χ2v) is 10.3. The SMILES string of the molecule is CC1(C)O[C@H]2[C@H]([C@H]3COC(C)(C)O3)N(C(=O)c3cccc(NC(=O)c4cccc([N+](=O)[O-])c4)c3)C[C@H]2O1. The van der Waals surface area contributed by atoms with Gasteiger partial charge in [-0.2, -0.15) is 0 Å². The highest BCUT2D eigenvalue weighted by Crippen LogP contribution is 2.41. The Morgan fingerprint density at radius 2 is 1.68 bits per heavy atom. The number of amides is 2. The Hall–Kier alpha value is -3.38. The van der Waals surface area contributed by atoms with Crippen LogP contribution in [0.4, 0.5) is 11.4 Å². The summed E-state index contributed by atoms with van der Waals surface area (Å²) in [6, 6.07) is 11.6. The molecule has 4 atom stereocenters. The molecule has 2 amide bonds. The molecule has 0 bridgehead atoms. The van der Waals surface area contributed by atoms with E-state index in [1.807, 2.05) is 27.7 Å². The summed E-state index contributed by atoms with van der Waals surface area (Å²) < 4.78 is 24.1. The van der Waals surface area contributed by atoms with Crippen molar-refractivity contribution in [2.45, 2.75) is 63.6 Å². The van der Waals surface area contributed by atoms with E-state index in [1.54, 1.807) is 29.2 Å². The van der Waals surface area contributed by atoms with Gasteiger partial charge in [-0.05, 0) is 52.0 Å². The Morgan fingerprint density at radius 1 is 0.973 bits per heavy atom. The number of hydrogen-bond donors (Lipinski definition) is 1. The molecule has 11 nitrogen and oxygen atoms in total. The number of non-ortho nitro benzene ring substituents is 1. The highest BCUT2D eigenvalue weighted by atomic mass is 16.8. The van der Waals surface area contributed by atoms with Crippen molar-refractivity contribution in [2.75, 3.05) is 18.5 Å². The first-order chi connectivity index (χ1) is 17.4. The van der Waals surface area contributed by atoms with Crippen LogP contribution in [0.1, 0.15) is 48.4 Å². The summed E-state index contributed by atoms with van der Waals surface area (Å²) in [4.78, 5) is 38.6. The molecule has 3 heterocycles. The summed E-state index contributed by atoms with van der Waals surface area (Å²) >= 11 is 0. The van der Waals surface area contributed by atoms with Gasteiger partial charge >= 0.3 is 0 Å². The van der Waals surface area contributed by atoms with Crippen molar-refractivity contribution >= 4 is 23.2 Å². The molecule has 5 rings (SSSR count). The van der Waals surface area contributed by atoms with Gasteiger partial charge in [-0.15, -0.1) is 0 Å². The molecule has 37 heavy (non-hydrogen) atoms. The van der Waals surface area contributed by atoms with Crippen molar-refractivity contribution in [3.05, 3.63) is 69.8 Å². The first-order valence-electron chi connectivity index (χ1n) is 12.1. The molecule has 0 unspecified atom stereocenters. The third kappa shape index (κ3) is 5.08. The van der Waals surface area contributed by atoms with Gasteiger partial charge in [0.1, 0.15) is 18.3 Å². The maximum Gasteiger partial charge on any atom is 0.270 e. The largest absolute Gasteiger partial charge is 0.348 e. The number of anilines is 1. The van der Waals surface area contributed by atoms with E-state index in [0.29, 0.717) is 24.4 Å². The smallest absolute Gasteiger partial charge is 0.270 e. The van der Waals surface area contributed by atoms with Gasteiger partial charge < -0.3 is 29.2 Å². The fraction of sp³-hybridized carbons (Fsp3) is 0.462. The Kier molecular flexibility index (Phi) is 6.27. The minimum absolute atomic E-state index is 0.135. The quantitative estimate of drug-likeness (QED) is 0.478. The van der Waals surface area contributed by atoms with Crippen LogP contribution in [0.15, 0.2) is 48.5 Å². The first-order valence-corrected chi connectivity index (χ1v) is 12.1. The summed E-state index contributed by atoms with van der Waals surface area (Å²) in [5, 5.41) is 13.8. The molecule has 3 fully saturated rings. The van der Waals surface area contributed by atoms with Crippen molar-refractivity contribution in [1.82, 2.24) is 4.90 Å². The van der Waals surface area contributed by atoms with Gasteiger partial charge in [-0.1, -0.05) is 12.1 Å². The number of benzene rings is 2. The molecule has 2 aromatic carbocycles. The van der Waals surface area contributed by atoms with E-state index in [-0.39, 0.29) is 29.4 Å². The predicted octanol–water partition coefficient (Wildman–Crippen LogP) is 3.34. The molecule has 0 aliphatic carbocycles. The molecule has 3 aliphatic rings. The number of nitrogens with one attached hydrogen (secondary N) is 1. The van der Waals surface area contributed by atoms with Crippen LogP contribution in [0.5, 0.6) is 0 Å². The monoisotopic (exact) mass is 511 g/mol. The molecule has 0 spiro atoms. The fourth-order valence-corrected chi connectivity index (χ4v) is 5.16. The lowest BCUT2D eigenvalue weighted by Crippen LogP contribution is -2.50. The van der Waals surface area contributed by atoms with E-state index in [1.165, 1.54) is 24.3 Å². The van der Waals surface area contributed by atoms with Crippen molar-refractivity contribution < 1.29 is 33.5 Å². The Bertz CT molecular complexity index is 1250. The van der Waals surface area contributed by atoms with E-state index in [2.05, 4.69) is 5.32 Å². The standard InChI is InChI=1S/C26H29N3O8/c1-25(2)34-14-20(36-25)21-22-19(35-26(3,4)37-22)13-28(21)24(31)16-8-5-9-17(11-16)27-23(30)15-7-6-10-18(12-15)29(32)33/h5-12,19-22H,13-14H2,1-4H3,(H,27,30)/t19-,20-,21+,22-/m1/s1. The normalized spacial score (nSPS) is 27.6. The Morgan fingerprint density at radius 3 is 2.38 bits per heavy atom. The van der Waals surface area contributed by atoms with Crippen molar-refractivity contribution in [3.8, 4) is 0 Å². The fourth-order valence-electron chi connectivity index (χ4n) is 5.16. The Labute approximate surface area is 213 Å². The Balaban J connectivity index is 1.36. The van der Waals surface area contributed by atoms with Gasteiger partial charge in [0.05, 0.1) is 24.1 Å². The number of nitrogens with zero attached hydrogens (tertiary/aromatic N) is 2. The first kappa shape index (κ1) is 25.3. The summed E-state index contributed by atoms with van der Waals surface area (Å²) in [5.41, 5.74) is 0.695. The molecule has 0 aromatic heterocycles. The number of rotatable bonds is 5. The van der Waals surface area contributed by atoms with Crippen molar-refractivity contribution in [1.29, 1.82) is 0 Å². The molecule has 196 valence electrons. The number of nitro benzene ring substituents is 1. The molecule has 3 aliphatic heterocycles. The van der Waals surface area contributed by atoms with Crippen molar-refractivity contribution in [3.63, 3.8) is 0 Å². The highest BCUT2D eigenvalue weighted by molar-refractivity contribution is 6.05. The number of carbonyl (C=O) groups is 2. The highest BCUT2D eigenvalue weighted by Gasteiger charge is 2.58. The summed E-state index contributed by atoms with van der Waals surface area (Å²) in [7, 11) is 0. The molecule has 3 saturated heterocycles. The lowest BCUT2D eigenvalue weighted by atomic mass is 10.0. The molecule has 0 radical (unpaired) electrons.